The van der Waals surface area contributed by atoms with Crippen molar-refractivity contribution in [2.75, 3.05) is 18.0 Å². The van der Waals surface area contributed by atoms with Crippen LogP contribution in [0.25, 0.3) is 0 Å². The van der Waals surface area contributed by atoms with Crippen LogP contribution in [0.5, 0.6) is 0 Å². The molecule has 2 rings (SSSR count). The predicted molar refractivity (Wildman–Crippen MR) is 71.2 cm³/mol. The Hall–Kier alpha value is -1.84. The molecule has 0 amide bonds. The lowest BCUT2D eigenvalue weighted by Gasteiger charge is -2.25. The van der Waals surface area contributed by atoms with Crippen LogP contribution in [-0.4, -0.2) is 29.1 Å². The van der Waals surface area contributed by atoms with Gasteiger partial charge in [0.1, 0.15) is 5.82 Å². The van der Waals surface area contributed by atoms with Crippen molar-refractivity contribution in [2.45, 2.75) is 26.2 Å². The molecule has 0 unspecified atom stereocenters. The maximum atomic E-state index is 11.1. The molecular formula is C14H18N2O2. The fourth-order valence-corrected chi connectivity index (χ4v) is 2.09. The van der Waals surface area contributed by atoms with Gasteiger partial charge in [0, 0.05) is 18.8 Å². The number of hydrogen-bond acceptors (Lipinski definition) is 3. The summed E-state index contributed by atoms with van der Waals surface area (Å²) < 4.78 is 0. The minimum absolute atomic E-state index is 0.331. The molecule has 0 bridgehead atoms. The number of hydrogen-bond donors (Lipinski definition) is 1. The molecule has 0 atom stereocenters. The number of pyridine rings is 1. The molecule has 0 spiro atoms. The van der Waals surface area contributed by atoms with Crippen LogP contribution in [0, 0.1) is 0 Å². The van der Waals surface area contributed by atoms with Gasteiger partial charge in [-0.2, -0.15) is 0 Å². The van der Waals surface area contributed by atoms with E-state index in [1.807, 2.05) is 0 Å². The van der Waals surface area contributed by atoms with Crippen molar-refractivity contribution < 1.29 is 9.90 Å². The minimum atomic E-state index is -0.886. The molecule has 0 aromatic carbocycles. The van der Waals surface area contributed by atoms with Crippen molar-refractivity contribution in [2.24, 2.45) is 0 Å². The molecule has 0 saturated carbocycles. The lowest BCUT2D eigenvalue weighted by molar-refractivity contribution is 0.0696. The molecule has 1 N–H and O–H groups in total. The summed E-state index contributed by atoms with van der Waals surface area (Å²) in [5, 5.41) is 9.14. The van der Waals surface area contributed by atoms with Crippen molar-refractivity contribution >= 4 is 11.8 Å². The average molecular weight is 246 g/mol. The van der Waals surface area contributed by atoms with Crippen LogP contribution >= 0.6 is 0 Å². The standard InChI is InChI=1S/C14H18N2O2/c1-2-6-12-9-11(14(17)18)10-13(15-12)16-7-4-3-5-8-16/h3-4,9-10H,2,5-8H2,1H3,(H,17,18). The zero-order valence-electron chi connectivity index (χ0n) is 10.6. The normalized spacial score (nSPS) is 14.8. The van der Waals surface area contributed by atoms with Gasteiger partial charge in [0.2, 0.25) is 0 Å². The first-order valence-electron chi connectivity index (χ1n) is 6.35. The number of carboxylic acid groups (broad SMARTS) is 1. The topological polar surface area (TPSA) is 53.4 Å². The van der Waals surface area contributed by atoms with Gasteiger partial charge in [0.25, 0.3) is 0 Å². The van der Waals surface area contributed by atoms with Crippen molar-refractivity contribution in [1.82, 2.24) is 4.98 Å². The molecule has 1 aliphatic heterocycles. The van der Waals surface area contributed by atoms with Crippen molar-refractivity contribution in [1.29, 1.82) is 0 Å². The van der Waals surface area contributed by atoms with Gasteiger partial charge in [-0.25, -0.2) is 9.78 Å². The summed E-state index contributed by atoms with van der Waals surface area (Å²) in [5.41, 5.74) is 1.19. The molecule has 96 valence electrons. The minimum Gasteiger partial charge on any atom is -0.478 e. The third-order valence-corrected chi connectivity index (χ3v) is 3.00. The van der Waals surface area contributed by atoms with Gasteiger partial charge in [-0.15, -0.1) is 0 Å². The highest BCUT2D eigenvalue weighted by atomic mass is 16.4. The highest BCUT2D eigenvalue weighted by molar-refractivity contribution is 5.88. The van der Waals surface area contributed by atoms with E-state index in [0.29, 0.717) is 5.56 Å². The number of carboxylic acids is 1. The molecule has 2 heterocycles. The first-order chi connectivity index (χ1) is 8.70. The number of anilines is 1. The van der Waals surface area contributed by atoms with E-state index in [1.54, 1.807) is 12.1 Å². The molecule has 18 heavy (non-hydrogen) atoms. The van der Waals surface area contributed by atoms with Crippen molar-refractivity contribution in [3.05, 3.63) is 35.5 Å². The molecular weight excluding hydrogens is 228 g/mol. The Labute approximate surface area is 107 Å². The van der Waals surface area contributed by atoms with Crippen molar-refractivity contribution in [3.8, 4) is 0 Å². The van der Waals surface area contributed by atoms with E-state index < -0.39 is 5.97 Å². The fourth-order valence-electron chi connectivity index (χ4n) is 2.09. The Morgan fingerprint density at radius 3 is 2.89 bits per heavy atom. The van der Waals surface area contributed by atoms with E-state index in [0.717, 1.165) is 43.9 Å². The van der Waals surface area contributed by atoms with E-state index in [1.165, 1.54) is 0 Å². The molecule has 1 aliphatic rings. The van der Waals surface area contributed by atoms with E-state index in [-0.39, 0.29) is 0 Å². The number of aryl methyl sites for hydroxylation is 1. The number of aromatic carboxylic acids is 1. The first kappa shape index (κ1) is 12.6. The smallest absolute Gasteiger partial charge is 0.335 e. The number of rotatable bonds is 4. The van der Waals surface area contributed by atoms with E-state index >= 15 is 0 Å². The van der Waals surface area contributed by atoms with Crippen molar-refractivity contribution in [3.63, 3.8) is 0 Å². The molecule has 0 fully saturated rings. The zero-order valence-corrected chi connectivity index (χ0v) is 10.6. The molecule has 4 nitrogen and oxygen atoms in total. The summed E-state index contributed by atoms with van der Waals surface area (Å²) in [5.74, 6) is -0.105. The molecule has 1 aromatic rings. The van der Waals surface area contributed by atoms with Crippen LogP contribution in [0.1, 0.15) is 35.8 Å². The molecule has 0 radical (unpaired) electrons. The summed E-state index contributed by atoms with van der Waals surface area (Å²) in [6, 6.07) is 3.34. The second-order valence-electron chi connectivity index (χ2n) is 4.47. The second-order valence-corrected chi connectivity index (χ2v) is 4.47. The lowest BCUT2D eigenvalue weighted by Crippen LogP contribution is -2.28. The van der Waals surface area contributed by atoms with Gasteiger partial charge in [-0.05, 0) is 25.0 Å². The van der Waals surface area contributed by atoms with Crippen LogP contribution in [-0.2, 0) is 6.42 Å². The second kappa shape index (κ2) is 5.67. The molecule has 1 aromatic heterocycles. The Kier molecular flexibility index (Phi) is 3.97. The largest absolute Gasteiger partial charge is 0.478 e. The number of carbonyl (C=O) groups is 1. The maximum absolute atomic E-state index is 11.1. The lowest BCUT2D eigenvalue weighted by atomic mass is 10.1. The third kappa shape index (κ3) is 2.88. The summed E-state index contributed by atoms with van der Waals surface area (Å²) in [6.45, 7) is 3.78. The third-order valence-electron chi connectivity index (χ3n) is 3.00. The van der Waals surface area contributed by atoms with Crippen LogP contribution in [0.4, 0.5) is 5.82 Å². The fraction of sp³-hybridized carbons (Fsp3) is 0.429. The van der Waals surface area contributed by atoms with Crippen LogP contribution in [0.3, 0.4) is 0 Å². The molecule has 0 aliphatic carbocycles. The first-order valence-corrected chi connectivity index (χ1v) is 6.35. The summed E-state index contributed by atoms with van der Waals surface area (Å²) in [7, 11) is 0. The van der Waals surface area contributed by atoms with Gasteiger partial charge in [0.05, 0.1) is 5.56 Å². The van der Waals surface area contributed by atoms with Crippen LogP contribution < -0.4 is 4.90 Å². The maximum Gasteiger partial charge on any atom is 0.335 e. The van der Waals surface area contributed by atoms with E-state index in [4.69, 9.17) is 5.11 Å². The summed E-state index contributed by atoms with van der Waals surface area (Å²) >= 11 is 0. The van der Waals surface area contributed by atoms with Gasteiger partial charge >= 0.3 is 5.97 Å². The summed E-state index contributed by atoms with van der Waals surface area (Å²) in [4.78, 5) is 17.8. The van der Waals surface area contributed by atoms with Gasteiger partial charge in [-0.1, -0.05) is 25.5 Å². The Morgan fingerprint density at radius 2 is 2.28 bits per heavy atom. The highest BCUT2D eigenvalue weighted by Gasteiger charge is 2.13. The number of aromatic nitrogens is 1. The zero-order chi connectivity index (χ0) is 13.0. The van der Waals surface area contributed by atoms with Crippen LogP contribution in [0.2, 0.25) is 0 Å². The Morgan fingerprint density at radius 1 is 1.44 bits per heavy atom. The highest BCUT2D eigenvalue weighted by Crippen LogP contribution is 2.18. The van der Waals surface area contributed by atoms with Gasteiger partial charge in [-0.3, -0.25) is 0 Å². The summed E-state index contributed by atoms with van der Waals surface area (Å²) in [6.07, 6.45) is 7.01. The Balaban J connectivity index is 2.32. The SMILES string of the molecule is CCCc1cc(C(=O)O)cc(N2CC=CCC2)n1. The number of nitrogens with zero attached hydrogens (tertiary/aromatic N) is 2. The average Bonchev–Trinajstić information content (AvgIpc) is 2.40. The monoisotopic (exact) mass is 246 g/mol. The van der Waals surface area contributed by atoms with E-state index in [9.17, 15) is 4.79 Å². The van der Waals surface area contributed by atoms with Gasteiger partial charge < -0.3 is 10.0 Å². The predicted octanol–water partition coefficient (Wildman–Crippen LogP) is 2.50. The quantitative estimate of drug-likeness (QED) is 0.829. The van der Waals surface area contributed by atoms with Gasteiger partial charge in [0.15, 0.2) is 0 Å². The Bertz CT molecular complexity index is 469. The van der Waals surface area contributed by atoms with Crippen LogP contribution in [0.15, 0.2) is 24.3 Å². The molecule has 0 saturated heterocycles. The van der Waals surface area contributed by atoms with E-state index in [2.05, 4.69) is 29.0 Å². The molecule has 4 heteroatoms.